The van der Waals surface area contributed by atoms with Gasteiger partial charge in [-0.25, -0.2) is 4.79 Å². The quantitative estimate of drug-likeness (QED) is 0.776. The van der Waals surface area contributed by atoms with Gasteiger partial charge in [0.05, 0.1) is 38.5 Å². The lowest BCUT2D eigenvalue weighted by atomic mass is 9.89. The van der Waals surface area contributed by atoms with Gasteiger partial charge < -0.3 is 24.8 Å². The largest absolute Gasteiger partial charge is 0.497 e. The zero-order chi connectivity index (χ0) is 18.6. The Morgan fingerprint density at radius 1 is 1.20 bits per heavy atom. The highest BCUT2D eigenvalue weighted by molar-refractivity contribution is 6.06. The average Bonchev–Trinajstić information content (AvgIpc) is 2.60. The maximum atomic E-state index is 12.7. The number of carbonyl (C=O) groups excluding carboxylic acids is 3. The van der Waals surface area contributed by atoms with Gasteiger partial charge in [0, 0.05) is 18.2 Å². The van der Waals surface area contributed by atoms with Crippen molar-refractivity contribution in [2.45, 2.75) is 13.3 Å². The van der Waals surface area contributed by atoms with E-state index in [-0.39, 0.29) is 17.9 Å². The molecule has 1 atom stereocenters. The Morgan fingerprint density at radius 2 is 1.92 bits per heavy atom. The molecular weight excluding hydrogens is 328 g/mol. The van der Waals surface area contributed by atoms with E-state index in [0.717, 1.165) is 0 Å². The number of allylic oxidation sites excluding steroid dienone is 1. The van der Waals surface area contributed by atoms with Gasteiger partial charge in [0.1, 0.15) is 11.5 Å². The smallest absolute Gasteiger partial charge is 0.336 e. The Bertz CT molecular complexity index is 741. The molecule has 8 nitrogen and oxygen atoms in total. The third-order valence-electron chi connectivity index (χ3n) is 3.86. The van der Waals surface area contributed by atoms with E-state index in [2.05, 4.69) is 10.6 Å². The lowest BCUT2D eigenvalue weighted by Gasteiger charge is -2.25. The van der Waals surface area contributed by atoms with Crippen molar-refractivity contribution in [3.05, 3.63) is 29.5 Å². The number of methoxy groups -OCH3 is 3. The molecule has 1 aliphatic rings. The van der Waals surface area contributed by atoms with Gasteiger partial charge in [0.2, 0.25) is 11.8 Å². The molecule has 1 aromatic carbocycles. The predicted octanol–water partition coefficient (Wildman–Crippen LogP) is 1.23. The third-order valence-corrected chi connectivity index (χ3v) is 3.86. The molecule has 0 spiro atoms. The Labute approximate surface area is 145 Å². The summed E-state index contributed by atoms with van der Waals surface area (Å²) in [6.45, 7) is 1.55. The standard InChI is InChI=1S/C17H20N2O6/c1-9-15(17(22)25-4)11(8-14(20)18-9)16(21)19-12-7-10(23-2)5-6-13(12)24-3/h5-7,11H,8H2,1-4H3,(H,18,20)(H,19,21)/t11-/m1/s1. The minimum atomic E-state index is -0.961. The monoisotopic (exact) mass is 348 g/mol. The second-order valence-electron chi connectivity index (χ2n) is 5.39. The van der Waals surface area contributed by atoms with Crippen LogP contribution in [0.15, 0.2) is 29.5 Å². The number of amides is 2. The summed E-state index contributed by atoms with van der Waals surface area (Å²) in [5.74, 6) is -1.52. The Kier molecular flexibility index (Phi) is 5.63. The molecule has 1 heterocycles. The average molecular weight is 348 g/mol. The fourth-order valence-corrected chi connectivity index (χ4v) is 2.64. The number of hydrogen-bond acceptors (Lipinski definition) is 6. The van der Waals surface area contributed by atoms with Crippen LogP contribution in [-0.4, -0.2) is 39.1 Å². The van der Waals surface area contributed by atoms with Crippen molar-refractivity contribution in [2.24, 2.45) is 5.92 Å². The summed E-state index contributed by atoms with van der Waals surface area (Å²) < 4.78 is 15.1. The van der Waals surface area contributed by atoms with Crippen LogP contribution in [0.25, 0.3) is 0 Å². The van der Waals surface area contributed by atoms with Crippen LogP contribution in [0.4, 0.5) is 5.69 Å². The van der Waals surface area contributed by atoms with Crippen LogP contribution in [0.2, 0.25) is 0 Å². The van der Waals surface area contributed by atoms with Gasteiger partial charge in [-0.3, -0.25) is 9.59 Å². The van der Waals surface area contributed by atoms with Crippen LogP contribution in [0.5, 0.6) is 11.5 Å². The second-order valence-corrected chi connectivity index (χ2v) is 5.39. The summed E-state index contributed by atoms with van der Waals surface area (Å²) in [6, 6.07) is 4.92. The molecule has 0 radical (unpaired) electrons. The number of esters is 1. The number of rotatable bonds is 5. The van der Waals surface area contributed by atoms with E-state index in [1.54, 1.807) is 25.1 Å². The fraction of sp³-hybridized carbons (Fsp3) is 0.353. The number of anilines is 1. The zero-order valence-corrected chi connectivity index (χ0v) is 14.5. The van der Waals surface area contributed by atoms with Crippen LogP contribution < -0.4 is 20.1 Å². The summed E-state index contributed by atoms with van der Waals surface area (Å²) >= 11 is 0. The molecule has 0 bridgehead atoms. The maximum absolute atomic E-state index is 12.7. The molecule has 1 aromatic rings. The summed E-state index contributed by atoms with van der Waals surface area (Å²) in [5, 5.41) is 5.24. The second kappa shape index (κ2) is 7.69. The minimum Gasteiger partial charge on any atom is -0.497 e. The summed E-state index contributed by atoms with van der Waals surface area (Å²) in [6.07, 6.45) is -0.153. The van der Waals surface area contributed by atoms with E-state index >= 15 is 0 Å². The first-order valence-corrected chi connectivity index (χ1v) is 7.53. The Morgan fingerprint density at radius 3 is 2.52 bits per heavy atom. The van der Waals surface area contributed by atoms with Gasteiger partial charge in [-0.2, -0.15) is 0 Å². The summed E-state index contributed by atoms with van der Waals surface area (Å²) in [5.41, 5.74) is 0.807. The number of carbonyl (C=O) groups is 3. The highest BCUT2D eigenvalue weighted by Gasteiger charge is 2.36. The number of nitrogens with one attached hydrogen (secondary N) is 2. The van der Waals surface area contributed by atoms with Gasteiger partial charge in [0.15, 0.2) is 0 Å². The molecule has 8 heteroatoms. The van der Waals surface area contributed by atoms with Gasteiger partial charge in [0.25, 0.3) is 0 Å². The molecule has 0 aromatic heterocycles. The van der Waals surface area contributed by atoms with Gasteiger partial charge >= 0.3 is 5.97 Å². The van der Waals surface area contributed by atoms with Crippen molar-refractivity contribution in [3.63, 3.8) is 0 Å². The lowest BCUT2D eigenvalue weighted by molar-refractivity contribution is -0.139. The molecule has 0 saturated carbocycles. The molecular formula is C17H20N2O6. The van der Waals surface area contributed by atoms with E-state index < -0.39 is 17.8 Å². The molecule has 1 aliphatic heterocycles. The lowest BCUT2D eigenvalue weighted by Crippen LogP contribution is -2.40. The number of ether oxygens (including phenoxy) is 3. The summed E-state index contributed by atoms with van der Waals surface area (Å²) in [7, 11) is 4.19. The predicted molar refractivity (Wildman–Crippen MR) is 89.1 cm³/mol. The van der Waals surface area contributed by atoms with Crippen LogP contribution in [0.3, 0.4) is 0 Å². The molecule has 134 valence electrons. The number of hydrogen-bond donors (Lipinski definition) is 2. The molecule has 2 N–H and O–H groups in total. The SMILES string of the molecule is COC(=O)C1=C(C)NC(=O)C[C@H]1C(=O)Nc1cc(OC)ccc1OC. The third kappa shape index (κ3) is 3.90. The Balaban J connectivity index is 2.34. The van der Waals surface area contributed by atoms with Crippen molar-refractivity contribution in [2.75, 3.05) is 26.6 Å². The van der Waals surface area contributed by atoms with E-state index in [4.69, 9.17) is 14.2 Å². The van der Waals surface area contributed by atoms with Crippen LogP contribution in [0.1, 0.15) is 13.3 Å². The first kappa shape index (κ1) is 18.3. The summed E-state index contributed by atoms with van der Waals surface area (Å²) in [4.78, 5) is 36.5. The van der Waals surface area contributed by atoms with Crippen molar-refractivity contribution < 1.29 is 28.6 Å². The van der Waals surface area contributed by atoms with Crippen molar-refractivity contribution >= 4 is 23.5 Å². The topological polar surface area (TPSA) is 103 Å². The fourth-order valence-electron chi connectivity index (χ4n) is 2.64. The van der Waals surface area contributed by atoms with E-state index in [1.807, 2.05) is 0 Å². The Hall–Kier alpha value is -3.03. The molecule has 25 heavy (non-hydrogen) atoms. The highest BCUT2D eigenvalue weighted by atomic mass is 16.5. The maximum Gasteiger partial charge on any atom is 0.336 e. The highest BCUT2D eigenvalue weighted by Crippen LogP contribution is 2.31. The van der Waals surface area contributed by atoms with E-state index in [1.165, 1.54) is 21.3 Å². The van der Waals surface area contributed by atoms with Gasteiger partial charge in [-0.05, 0) is 19.1 Å². The minimum absolute atomic E-state index is 0.126. The molecule has 0 fully saturated rings. The van der Waals surface area contributed by atoms with Gasteiger partial charge in [-0.1, -0.05) is 0 Å². The van der Waals surface area contributed by atoms with Crippen LogP contribution in [-0.2, 0) is 19.1 Å². The zero-order valence-electron chi connectivity index (χ0n) is 14.5. The first-order valence-electron chi connectivity index (χ1n) is 7.53. The van der Waals surface area contributed by atoms with Crippen molar-refractivity contribution in [3.8, 4) is 11.5 Å². The van der Waals surface area contributed by atoms with E-state index in [9.17, 15) is 14.4 Å². The van der Waals surface area contributed by atoms with Gasteiger partial charge in [-0.15, -0.1) is 0 Å². The molecule has 0 unspecified atom stereocenters. The van der Waals surface area contributed by atoms with Crippen LogP contribution in [0, 0.1) is 5.92 Å². The normalized spacial score (nSPS) is 16.8. The van der Waals surface area contributed by atoms with Crippen LogP contribution >= 0.6 is 0 Å². The molecule has 0 saturated heterocycles. The van der Waals surface area contributed by atoms with E-state index in [0.29, 0.717) is 22.9 Å². The van der Waals surface area contributed by atoms with Crippen molar-refractivity contribution in [1.29, 1.82) is 0 Å². The molecule has 0 aliphatic carbocycles. The molecule has 2 rings (SSSR count). The number of benzene rings is 1. The first-order chi connectivity index (χ1) is 11.9. The molecule has 2 amide bonds. The van der Waals surface area contributed by atoms with Crippen molar-refractivity contribution in [1.82, 2.24) is 5.32 Å².